The highest BCUT2D eigenvalue weighted by Gasteiger charge is 2.29. The maximum absolute atomic E-state index is 12.6. The summed E-state index contributed by atoms with van der Waals surface area (Å²) in [5.74, 6) is 0.831. The molecule has 0 radical (unpaired) electrons. The van der Waals surface area contributed by atoms with Gasteiger partial charge in [0, 0.05) is 37.6 Å². The van der Waals surface area contributed by atoms with Crippen LogP contribution in [0.2, 0.25) is 0 Å². The van der Waals surface area contributed by atoms with E-state index in [2.05, 4.69) is 14.8 Å². The number of allylic oxidation sites excluding steroid dienone is 1. The second-order valence-electron chi connectivity index (χ2n) is 8.22. The lowest BCUT2D eigenvalue weighted by atomic mass is 9.89. The Balaban J connectivity index is 1.49. The standard InChI is InChI=1S/C20H28N4O3S/c1-14-11-16-18(17(12-14)24(26)27)28-20(21-19(16)25)23-9-7-22(8-10-23)13-15-5-3-2-4-6-15/h11,15H,2-10,12-13H2,1H3,(H,26,27). The van der Waals surface area contributed by atoms with Crippen molar-refractivity contribution in [1.29, 1.82) is 0 Å². The van der Waals surface area contributed by atoms with Gasteiger partial charge in [-0.15, -0.1) is 0 Å². The fourth-order valence-corrected chi connectivity index (χ4v) is 5.69. The fourth-order valence-electron chi connectivity index (χ4n) is 4.54. The molecule has 0 bridgehead atoms. The smallest absolute Gasteiger partial charge is 0.281 e. The summed E-state index contributed by atoms with van der Waals surface area (Å²) in [6.45, 7) is 6.63. The number of hydrogen-bond acceptors (Lipinski definition) is 7. The monoisotopic (exact) mass is 404 g/mol. The van der Waals surface area contributed by atoms with E-state index in [9.17, 15) is 15.2 Å². The lowest BCUT2D eigenvalue weighted by molar-refractivity contribution is -0.726. The molecule has 1 aromatic rings. The molecule has 7 nitrogen and oxygen atoms in total. The van der Waals surface area contributed by atoms with Crippen LogP contribution >= 0.6 is 11.3 Å². The molecule has 1 aliphatic heterocycles. The summed E-state index contributed by atoms with van der Waals surface area (Å²) in [4.78, 5) is 22.0. The van der Waals surface area contributed by atoms with Gasteiger partial charge in [0.25, 0.3) is 11.3 Å². The van der Waals surface area contributed by atoms with Crippen molar-refractivity contribution >= 4 is 28.3 Å². The summed E-state index contributed by atoms with van der Waals surface area (Å²) >= 11 is 1.33. The first-order chi connectivity index (χ1) is 13.5. The van der Waals surface area contributed by atoms with Gasteiger partial charge in [0.2, 0.25) is 0 Å². The number of anilines is 1. The molecule has 2 aliphatic carbocycles. The molecular weight excluding hydrogens is 376 g/mol. The largest absolute Gasteiger partial charge is 0.417 e. The van der Waals surface area contributed by atoms with E-state index in [4.69, 9.17) is 0 Å². The predicted octanol–water partition coefficient (Wildman–Crippen LogP) is 2.70. The van der Waals surface area contributed by atoms with Crippen molar-refractivity contribution in [3.05, 3.63) is 31.6 Å². The minimum atomic E-state index is -0.327. The molecule has 8 heteroatoms. The Kier molecular flexibility index (Phi) is 5.68. The number of nitrogens with zero attached hydrogens (tertiary/aromatic N) is 4. The van der Waals surface area contributed by atoms with Gasteiger partial charge < -0.3 is 10.1 Å². The van der Waals surface area contributed by atoms with Gasteiger partial charge in [-0.25, -0.2) is 0 Å². The van der Waals surface area contributed by atoms with Gasteiger partial charge in [-0.05, 0) is 31.8 Å². The van der Waals surface area contributed by atoms with Gasteiger partial charge >= 0.3 is 0 Å². The fraction of sp³-hybridized carbons (Fsp3) is 0.650. The van der Waals surface area contributed by atoms with Crippen LogP contribution in [0.25, 0.3) is 6.08 Å². The van der Waals surface area contributed by atoms with Gasteiger partial charge in [0.15, 0.2) is 5.13 Å². The summed E-state index contributed by atoms with van der Waals surface area (Å²) in [5.41, 5.74) is 1.19. The van der Waals surface area contributed by atoms with Crippen LogP contribution in [0, 0.1) is 11.1 Å². The van der Waals surface area contributed by atoms with Crippen LogP contribution in [0.15, 0.2) is 10.4 Å². The maximum Gasteiger partial charge on any atom is 0.281 e. The molecule has 1 saturated carbocycles. The highest BCUT2D eigenvalue weighted by molar-refractivity contribution is 7.17. The van der Waals surface area contributed by atoms with E-state index in [-0.39, 0.29) is 16.2 Å². The molecule has 3 aliphatic rings. The van der Waals surface area contributed by atoms with E-state index in [0.29, 0.717) is 22.0 Å². The SMILES string of the molecule is CC1=Cc2c(sc(N3CCN(CC4CCCCC4)CC3)nc2=O)/C(=[N+](\[O-])O)C1. The summed E-state index contributed by atoms with van der Waals surface area (Å²) in [6, 6.07) is 0. The Bertz CT molecular complexity index is 845. The Morgan fingerprint density at radius 3 is 2.64 bits per heavy atom. The van der Waals surface area contributed by atoms with Crippen LogP contribution in [0.5, 0.6) is 0 Å². The zero-order valence-electron chi connectivity index (χ0n) is 16.4. The zero-order chi connectivity index (χ0) is 19.7. The zero-order valence-corrected chi connectivity index (χ0v) is 17.2. The predicted molar refractivity (Wildman–Crippen MR) is 111 cm³/mol. The first-order valence-corrected chi connectivity index (χ1v) is 11.0. The van der Waals surface area contributed by atoms with Crippen molar-refractivity contribution in [3.8, 4) is 0 Å². The van der Waals surface area contributed by atoms with E-state index in [1.54, 1.807) is 6.08 Å². The highest BCUT2D eigenvalue weighted by Crippen LogP contribution is 2.30. The Hall–Kier alpha value is -1.93. The molecule has 4 rings (SSSR count). The van der Waals surface area contributed by atoms with Crippen LogP contribution in [0.3, 0.4) is 0 Å². The Labute approximate surface area is 169 Å². The Morgan fingerprint density at radius 1 is 1.25 bits per heavy atom. The number of fused-ring (bicyclic) bond motifs is 1. The average molecular weight is 405 g/mol. The summed E-state index contributed by atoms with van der Waals surface area (Å²) in [6.07, 6.45) is 8.95. The average Bonchev–Trinajstić information content (AvgIpc) is 2.69. The lowest BCUT2D eigenvalue weighted by Crippen LogP contribution is -2.48. The molecular formula is C20H28N4O3S. The number of aromatic nitrogens is 1. The van der Waals surface area contributed by atoms with E-state index >= 15 is 0 Å². The van der Waals surface area contributed by atoms with Gasteiger partial charge in [-0.1, -0.05) is 36.2 Å². The van der Waals surface area contributed by atoms with E-state index in [0.717, 1.165) is 37.7 Å². The van der Waals surface area contributed by atoms with Crippen molar-refractivity contribution in [3.63, 3.8) is 0 Å². The van der Waals surface area contributed by atoms with Crippen LogP contribution in [-0.2, 0) is 0 Å². The molecule has 152 valence electrons. The van der Waals surface area contributed by atoms with Crippen molar-refractivity contribution in [2.45, 2.75) is 45.4 Å². The van der Waals surface area contributed by atoms with Crippen LogP contribution < -0.4 is 10.5 Å². The number of piperazine rings is 1. The molecule has 0 spiro atoms. The van der Waals surface area contributed by atoms with Gasteiger partial charge in [-0.3, -0.25) is 14.9 Å². The van der Waals surface area contributed by atoms with Crippen molar-refractivity contribution < 1.29 is 10.1 Å². The van der Waals surface area contributed by atoms with Gasteiger partial charge in [-0.2, -0.15) is 4.98 Å². The third-order valence-corrected chi connectivity index (χ3v) is 7.27. The van der Waals surface area contributed by atoms with Crippen LogP contribution in [0.4, 0.5) is 5.13 Å². The minimum absolute atomic E-state index is 0.100. The molecule has 0 unspecified atom stereocenters. The Morgan fingerprint density at radius 2 is 1.96 bits per heavy atom. The van der Waals surface area contributed by atoms with Gasteiger partial charge in [0.1, 0.15) is 4.88 Å². The third-order valence-electron chi connectivity index (χ3n) is 6.08. The van der Waals surface area contributed by atoms with Crippen LogP contribution in [0.1, 0.15) is 55.9 Å². The number of hydrogen-bond donors (Lipinski definition) is 1. The van der Waals surface area contributed by atoms with Crippen molar-refractivity contribution in [1.82, 2.24) is 9.88 Å². The lowest BCUT2D eigenvalue weighted by Gasteiger charge is -2.37. The summed E-state index contributed by atoms with van der Waals surface area (Å²) in [5, 5.41) is 21.8. The van der Waals surface area contributed by atoms with Crippen molar-refractivity contribution in [2.24, 2.45) is 5.92 Å². The third kappa shape index (κ3) is 4.07. The summed E-state index contributed by atoms with van der Waals surface area (Å²) in [7, 11) is 0. The quantitative estimate of drug-likeness (QED) is 0.474. The highest BCUT2D eigenvalue weighted by atomic mass is 32.1. The van der Waals surface area contributed by atoms with E-state index < -0.39 is 0 Å². The molecule has 28 heavy (non-hydrogen) atoms. The first-order valence-electron chi connectivity index (χ1n) is 10.2. The van der Waals surface area contributed by atoms with Crippen molar-refractivity contribution in [2.75, 3.05) is 37.6 Å². The summed E-state index contributed by atoms with van der Waals surface area (Å²) < 4.78 is 0. The normalized spacial score (nSPS) is 23.3. The minimum Gasteiger partial charge on any atom is -0.417 e. The molecule has 1 saturated heterocycles. The van der Waals surface area contributed by atoms with Gasteiger partial charge in [0.05, 0.1) is 12.0 Å². The maximum atomic E-state index is 12.6. The van der Waals surface area contributed by atoms with E-state index in [1.807, 2.05) is 6.92 Å². The molecule has 1 aromatic heterocycles. The molecule has 0 aromatic carbocycles. The number of rotatable bonds is 3. The van der Waals surface area contributed by atoms with Crippen LogP contribution in [-0.4, -0.2) is 58.4 Å². The topological polar surface area (TPSA) is 82.7 Å². The molecule has 2 fully saturated rings. The first kappa shape index (κ1) is 19.4. The molecule has 0 amide bonds. The second kappa shape index (κ2) is 8.21. The molecule has 2 heterocycles. The molecule has 0 atom stereocenters. The molecule has 1 N–H and O–H groups in total. The second-order valence-corrected chi connectivity index (χ2v) is 9.20. The van der Waals surface area contributed by atoms with E-state index in [1.165, 1.54) is 50.0 Å².